The van der Waals surface area contributed by atoms with Crippen LogP contribution in [0.1, 0.15) is 0 Å². The predicted octanol–water partition coefficient (Wildman–Crippen LogP) is 3.56. The molecule has 7 heteroatoms. The zero-order valence-corrected chi connectivity index (χ0v) is 16.0. The molecule has 0 aliphatic carbocycles. The van der Waals surface area contributed by atoms with Crippen molar-refractivity contribution in [3.63, 3.8) is 0 Å². The number of aromatic nitrogens is 3. The van der Waals surface area contributed by atoms with Crippen LogP contribution >= 0.6 is 0 Å². The highest BCUT2D eigenvalue weighted by atomic mass is 16.5. The molecule has 1 aliphatic rings. The lowest BCUT2D eigenvalue weighted by molar-refractivity contribution is 0.122. The zero-order chi connectivity index (χ0) is 19.6. The Morgan fingerprint density at radius 3 is 2.66 bits per heavy atom. The Morgan fingerprint density at radius 1 is 1.03 bits per heavy atom. The van der Waals surface area contributed by atoms with E-state index in [0.29, 0.717) is 11.5 Å². The summed E-state index contributed by atoms with van der Waals surface area (Å²) in [4.78, 5) is 11.6. The molecular weight excluding hydrogens is 364 g/mol. The van der Waals surface area contributed by atoms with Gasteiger partial charge in [-0.2, -0.15) is 0 Å². The Balaban J connectivity index is 1.46. The third-order valence-corrected chi connectivity index (χ3v) is 5.06. The second-order valence-electron chi connectivity index (χ2n) is 7.03. The van der Waals surface area contributed by atoms with Crippen LogP contribution in [0.3, 0.4) is 0 Å². The topological polar surface area (TPSA) is 80.7 Å². The molecule has 0 amide bonds. The number of hydrogen-bond donors (Lipinski definition) is 2. The summed E-state index contributed by atoms with van der Waals surface area (Å²) < 4.78 is 7.40. The third-order valence-electron chi connectivity index (χ3n) is 5.06. The summed E-state index contributed by atoms with van der Waals surface area (Å²) in [6, 6.07) is 16.1. The smallest absolute Gasteiger partial charge is 0.180 e. The summed E-state index contributed by atoms with van der Waals surface area (Å²) in [5.74, 6) is 0.703. The first-order chi connectivity index (χ1) is 14.3. The van der Waals surface area contributed by atoms with Gasteiger partial charge in [-0.1, -0.05) is 12.1 Å². The van der Waals surface area contributed by atoms with E-state index in [1.807, 2.05) is 41.1 Å². The van der Waals surface area contributed by atoms with Gasteiger partial charge in [-0.15, -0.1) is 0 Å². The summed E-state index contributed by atoms with van der Waals surface area (Å²) in [6.07, 6.45) is 5.65. The number of imidazole rings is 1. The van der Waals surface area contributed by atoms with E-state index >= 15 is 0 Å². The van der Waals surface area contributed by atoms with Crippen LogP contribution in [0.15, 0.2) is 67.1 Å². The number of morpholine rings is 1. The molecule has 1 fully saturated rings. The van der Waals surface area contributed by atoms with Crippen molar-refractivity contribution in [1.29, 1.82) is 0 Å². The van der Waals surface area contributed by atoms with Crippen LogP contribution in [-0.4, -0.2) is 40.7 Å². The second-order valence-corrected chi connectivity index (χ2v) is 7.03. The average molecular weight is 386 g/mol. The van der Waals surface area contributed by atoms with Crippen LogP contribution in [0.2, 0.25) is 0 Å². The maximum absolute atomic E-state index is 5.95. The first kappa shape index (κ1) is 17.5. The van der Waals surface area contributed by atoms with Crippen LogP contribution in [0.25, 0.3) is 16.9 Å². The van der Waals surface area contributed by atoms with Crippen molar-refractivity contribution in [1.82, 2.24) is 14.4 Å². The van der Waals surface area contributed by atoms with Crippen molar-refractivity contribution in [2.75, 3.05) is 42.3 Å². The highest BCUT2D eigenvalue weighted by Gasteiger charge is 2.12. The molecule has 146 valence electrons. The van der Waals surface area contributed by atoms with Gasteiger partial charge in [0.2, 0.25) is 0 Å². The molecule has 1 saturated heterocycles. The number of nitrogens with one attached hydrogen (secondary N) is 1. The standard InChI is InChI=1S/C22H22N6O/c23-17-3-1-2-16(14-17)20-15-28-9-8-24-22(28)21(26-20)25-18-4-6-19(7-5-18)27-10-12-29-13-11-27/h1-9,14-15H,10-13,23H2,(H,25,26). The highest BCUT2D eigenvalue weighted by molar-refractivity contribution is 5.75. The van der Waals surface area contributed by atoms with E-state index in [1.165, 1.54) is 5.69 Å². The summed E-state index contributed by atoms with van der Waals surface area (Å²) >= 11 is 0. The molecule has 0 radical (unpaired) electrons. The Labute approximate surface area is 168 Å². The number of nitrogens with zero attached hydrogens (tertiary/aromatic N) is 4. The highest BCUT2D eigenvalue weighted by Crippen LogP contribution is 2.26. The van der Waals surface area contributed by atoms with E-state index in [4.69, 9.17) is 15.5 Å². The molecule has 3 heterocycles. The molecule has 3 N–H and O–H groups in total. The molecule has 7 nitrogen and oxygen atoms in total. The molecule has 4 aromatic rings. The summed E-state index contributed by atoms with van der Waals surface area (Å²) in [5.41, 5.74) is 11.4. The molecule has 29 heavy (non-hydrogen) atoms. The van der Waals surface area contributed by atoms with Gasteiger partial charge in [-0.3, -0.25) is 0 Å². The fraction of sp³-hybridized carbons (Fsp3) is 0.182. The molecule has 2 aromatic heterocycles. The van der Waals surface area contributed by atoms with Crippen LogP contribution in [0, 0.1) is 0 Å². The number of nitrogen functional groups attached to an aromatic ring is 1. The second kappa shape index (κ2) is 7.44. The van der Waals surface area contributed by atoms with E-state index < -0.39 is 0 Å². The van der Waals surface area contributed by atoms with Crippen molar-refractivity contribution in [3.8, 4) is 11.3 Å². The minimum Gasteiger partial charge on any atom is -0.399 e. The molecule has 0 unspecified atom stereocenters. The lowest BCUT2D eigenvalue weighted by atomic mass is 10.1. The fourth-order valence-electron chi connectivity index (χ4n) is 3.57. The Bertz CT molecular complexity index is 1130. The first-order valence-electron chi connectivity index (χ1n) is 9.66. The maximum Gasteiger partial charge on any atom is 0.180 e. The maximum atomic E-state index is 5.95. The molecule has 5 rings (SSSR count). The molecule has 0 saturated carbocycles. The molecule has 2 aromatic carbocycles. The monoisotopic (exact) mass is 386 g/mol. The predicted molar refractivity (Wildman–Crippen MR) is 116 cm³/mol. The van der Waals surface area contributed by atoms with Crippen molar-refractivity contribution in [3.05, 3.63) is 67.1 Å². The molecule has 0 spiro atoms. The van der Waals surface area contributed by atoms with E-state index in [1.54, 1.807) is 6.20 Å². The van der Waals surface area contributed by atoms with Gasteiger partial charge in [0.05, 0.1) is 18.9 Å². The molecule has 1 aliphatic heterocycles. The van der Waals surface area contributed by atoms with Crippen LogP contribution in [0.5, 0.6) is 0 Å². The van der Waals surface area contributed by atoms with Crippen LogP contribution in [-0.2, 0) is 4.74 Å². The number of anilines is 4. The van der Waals surface area contributed by atoms with E-state index in [0.717, 1.165) is 48.9 Å². The zero-order valence-electron chi connectivity index (χ0n) is 16.0. The van der Waals surface area contributed by atoms with E-state index in [2.05, 4.69) is 39.5 Å². The van der Waals surface area contributed by atoms with Gasteiger partial charge in [0, 0.05) is 54.3 Å². The SMILES string of the molecule is Nc1cccc(-c2cn3ccnc3c(Nc3ccc(N4CCOCC4)cc3)n2)c1. The van der Waals surface area contributed by atoms with Crippen molar-refractivity contribution in [2.45, 2.75) is 0 Å². The Kier molecular flexibility index (Phi) is 4.50. The number of hydrogen-bond acceptors (Lipinski definition) is 6. The Hall–Kier alpha value is -3.58. The summed E-state index contributed by atoms with van der Waals surface area (Å²) in [5, 5.41) is 3.42. The largest absolute Gasteiger partial charge is 0.399 e. The minimum absolute atomic E-state index is 0.703. The molecular formula is C22H22N6O. The van der Waals surface area contributed by atoms with Crippen LogP contribution in [0.4, 0.5) is 22.9 Å². The quantitative estimate of drug-likeness (QED) is 0.522. The van der Waals surface area contributed by atoms with E-state index in [9.17, 15) is 0 Å². The van der Waals surface area contributed by atoms with Gasteiger partial charge < -0.3 is 25.1 Å². The van der Waals surface area contributed by atoms with E-state index in [-0.39, 0.29) is 0 Å². The third kappa shape index (κ3) is 3.60. The molecule has 0 bridgehead atoms. The number of nitrogens with two attached hydrogens (primary N) is 1. The van der Waals surface area contributed by atoms with Crippen molar-refractivity contribution < 1.29 is 4.74 Å². The number of benzene rings is 2. The number of fused-ring (bicyclic) bond motifs is 1. The average Bonchev–Trinajstić information content (AvgIpc) is 3.24. The lowest BCUT2D eigenvalue weighted by Crippen LogP contribution is -2.36. The van der Waals surface area contributed by atoms with Crippen LogP contribution < -0.4 is 16.0 Å². The van der Waals surface area contributed by atoms with Gasteiger partial charge >= 0.3 is 0 Å². The van der Waals surface area contributed by atoms with Crippen molar-refractivity contribution >= 4 is 28.5 Å². The van der Waals surface area contributed by atoms with Gasteiger partial charge in [0.25, 0.3) is 0 Å². The fourth-order valence-corrected chi connectivity index (χ4v) is 3.57. The van der Waals surface area contributed by atoms with Gasteiger partial charge in [0.15, 0.2) is 11.5 Å². The summed E-state index contributed by atoms with van der Waals surface area (Å²) in [7, 11) is 0. The lowest BCUT2D eigenvalue weighted by Gasteiger charge is -2.28. The number of rotatable bonds is 4. The van der Waals surface area contributed by atoms with Gasteiger partial charge in [0.1, 0.15) is 0 Å². The normalized spacial score (nSPS) is 14.3. The van der Waals surface area contributed by atoms with Gasteiger partial charge in [-0.05, 0) is 36.4 Å². The Morgan fingerprint density at radius 2 is 1.86 bits per heavy atom. The molecule has 0 atom stereocenters. The van der Waals surface area contributed by atoms with Crippen molar-refractivity contribution in [2.24, 2.45) is 0 Å². The van der Waals surface area contributed by atoms with Gasteiger partial charge in [-0.25, -0.2) is 9.97 Å². The first-order valence-corrected chi connectivity index (χ1v) is 9.66. The summed E-state index contributed by atoms with van der Waals surface area (Å²) in [6.45, 7) is 3.40. The number of ether oxygens (including phenoxy) is 1. The minimum atomic E-state index is 0.703.